The van der Waals surface area contributed by atoms with Crippen molar-refractivity contribution in [3.8, 4) is 0 Å². The third-order valence-corrected chi connectivity index (χ3v) is 5.31. The molecule has 16 nitrogen and oxygen atoms in total. The molecule has 0 radical (unpaired) electrons. The maximum absolute atomic E-state index is 13.2. The van der Waals surface area contributed by atoms with Gasteiger partial charge in [0, 0.05) is 0 Å². The molecule has 0 aliphatic heterocycles. The van der Waals surface area contributed by atoms with Crippen LogP contribution in [-0.2, 0) is 13.1 Å². The lowest BCUT2D eigenvalue weighted by Crippen LogP contribution is -2.32. The van der Waals surface area contributed by atoms with Crippen molar-refractivity contribution in [3.63, 3.8) is 0 Å². The van der Waals surface area contributed by atoms with E-state index in [0.717, 1.165) is 0 Å². The summed E-state index contributed by atoms with van der Waals surface area (Å²) in [6.07, 6.45) is 3.23. The fraction of sp³-hybridized carbons (Fsp3) is 0.412. The monoisotopic (exact) mass is 450 g/mol. The minimum Gasteiger partial charge on any atom is -0.267 e. The Balaban J connectivity index is 1.55. The van der Waals surface area contributed by atoms with E-state index in [4.69, 9.17) is 0 Å². The Kier molecular flexibility index (Phi) is 5.08. The first kappa shape index (κ1) is 20.4. The molecule has 0 fully saturated rings. The van der Waals surface area contributed by atoms with Crippen LogP contribution in [0, 0.1) is 0 Å². The van der Waals surface area contributed by atoms with Crippen LogP contribution in [0.25, 0.3) is 21.8 Å². The summed E-state index contributed by atoms with van der Waals surface area (Å²) in [6, 6.07) is 2.32. The number of hydrogen-bond donors (Lipinski definition) is 0. The number of hydrogen-bond acceptors (Lipinski definition) is 12. The Morgan fingerprint density at radius 1 is 0.788 bits per heavy atom. The zero-order valence-electron chi connectivity index (χ0n) is 17.7. The van der Waals surface area contributed by atoms with Crippen molar-refractivity contribution in [1.82, 2.24) is 70.4 Å². The molecule has 5 rings (SSSR count). The van der Waals surface area contributed by atoms with Crippen molar-refractivity contribution in [1.29, 1.82) is 0 Å². The number of tetrazole rings is 2. The summed E-state index contributed by atoms with van der Waals surface area (Å²) in [7, 11) is 0. The highest BCUT2D eigenvalue weighted by Gasteiger charge is 2.19. The lowest BCUT2D eigenvalue weighted by molar-refractivity contribution is 0.324. The van der Waals surface area contributed by atoms with E-state index in [1.54, 1.807) is 6.92 Å². The van der Waals surface area contributed by atoms with Crippen molar-refractivity contribution in [2.45, 2.75) is 45.4 Å². The minimum atomic E-state index is -0.380. The Labute approximate surface area is 183 Å². The van der Waals surface area contributed by atoms with E-state index in [9.17, 15) is 9.59 Å². The van der Waals surface area contributed by atoms with Gasteiger partial charge in [-0.05, 0) is 35.9 Å². The summed E-state index contributed by atoms with van der Waals surface area (Å²) < 4.78 is 2.53. The van der Waals surface area contributed by atoms with Crippen LogP contribution in [0.15, 0.2) is 34.4 Å². The van der Waals surface area contributed by atoms with Crippen LogP contribution < -0.4 is 11.1 Å². The van der Waals surface area contributed by atoms with Gasteiger partial charge < -0.3 is 0 Å². The largest absolute Gasteiger partial charge is 0.278 e. The average Bonchev–Trinajstić information content (AvgIpc) is 3.52. The topological polar surface area (TPSA) is 183 Å². The molecule has 168 valence electrons. The fourth-order valence-electron chi connectivity index (χ4n) is 3.56. The van der Waals surface area contributed by atoms with Gasteiger partial charge >= 0.3 is 0 Å². The van der Waals surface area contributed by atoms with Crippen LogP contribution in [0.4, 0.5) is 0 Å². The van der Waals surface area contributed by atoms with E-state index in [-0.39, 0.29) is 46.0 Å². The summed E-state index contributed by atoms with van der Waals surface area (Å²) in [5, 5.41) is 39.9. The fourth-order valence-corrected chi connectivity index (χ4v) is 3.56. The summed E-state index contributed by atoms with van der Waals surface area (Å²) in [5.41, 5.74) is -0.146. The molecule has 0 saturated heterocycles. The van der Waals surface area contributed by atoms with Crippen molar-refractivity contribution < 1.29 is 0 Å². The molecule has 0 N–H and O–H groups in total. The van der Waals surface area contributed by atoms with Crippen LogP contribution in [0.1, 0.15) is 32.4 Å². The third kappa shape index (κ3) is 3.70. The number of aromatic nitrogens is 14. The summed E-state index contributed by atoms with van der Waals surface area (Å²) in [4.78, 5) is 29.0. The van der Waals surface area contributed by atoms with Gasteiger partial charge in [0.15, 0.2) is 12.7 Å². The molecule has 0 aliphatic rings. The highest BCUT2D eigenvalue weighted by molar-refractivity contribution is 5.93. The minimum absolute atomic E-state index is 0.279. The standard InChI is InChI=1S/C17H18N14O2/c1-3-11(7-29-21-9-19-25-29)31-17(33)13-5-14-12(4-15(13)23-27-31)16(32)30(26-22-14)10(2)6-28-20-8-18-24-28/h4-5,8-11H,3,6-7H2,1-2H3/t10-,11-/m1/s1. The zero-order valence-corrected chi connectivity index (χ0v) is 17.7. The lowest BCUT2D eigenvalue weighted by atomic mass is 10.1. The maximum Gasteiger partial charge on any atom is 0.278 e. The van der Waals surface area contributed by atoms with Gasteiger partial charge in [-0.3, -0.25) is 9.59 Å². The smallest absolute Gasteiger partial charge is 0.267 e. The summed E-state index contributed by atoms with van der Waals surface area (Å²) in [6.45, 7) is 4.31. The van der Waals surface area contributed by atoms with Crippen molar-refractivity contribution in [3.05, 3.63) is 45.5 Å². The van der Waals surface area contributed by atoms with Gasteiger partial charge in [0.25, 0.3) is 11.1 Å². The molecule has 33 heavy (non-hydrogen) atoms. The SMILES string of the molecule is CC[C@H](Cn1ncnn1)n1nnc2cc3c(=O)n([C@H](C)Cn4ncnn4)nnc3cc2c1=O. The van der Waals surface area contributed by atoms with E-state index in [1.807, 2.05) is 6.92 Å². The third-order valence-electron chi connectivity index (χ3n) is 5.31. The van der Waals surface area contributed by atoms with Crippen LogP contribution in [0.5, 0.6) is 0 Å². The van der Waals surface area contributed by atoms with Gasteiger partial charge in [0.2, 0.25) is 0 Å². The van der Waals surface area contributed by atoms with Gasteiger partial charge in [-0.15, -0.1) is 30.6 Å². The first-order valence-corrected chi connectivity index (χ1v) is 10.1. The zero-order chi connectivity index (χ0) is 22.9. The van der Waals surface area contributed by atoms with Crippen molar-refractivity contribution >= 4 is 21.8 Å². The predicted octanol–water partition coefficient (Wildman–Crippen LogP) is -1.22. The Morgan fingerprint density at radius 3 is 1.88 bits per heavy atom. The van der Waals surface area contributed by atoms with Crippen LogP contribution in [0.3, 0.4) is 0 Å². The molecule has 0 saturated carbocycles. The molecule has 4 heterocycles. The number of fused-ring (bicyclic) bond motifs is 2. The van der Waals surface area contributed by atoms with E-state index in [2.05, 4.69) is 51.4 Å². The van der Waals surface area contributed by atoms with E-state index >= 15 is 0 Å². The second kappa shape index (κ2) is 8.21. The van der Waals surface area contributed by atoms with E-state index in [0.29, 0.717) is 18.5 Å². The van der Waals surface area contributed by atoms with Crippen LogP contribution in [-0.4, -0.2) is 70.4 Å². The Hall–Kier alpha value is -4.50. The second-order valence-electron chi connectivity index (χ2n) is 7.46. The number of nitrogens with zero attached hydrogens (tertiary/aromatic N) is 14. The molecule has 0 spiro atoms. The second-order valence-corrected chi connectivity index (χ2v) is 7.46. The lowest BCUT2D eigenvalue weighted by Gasteiger charge is -2.15. The summed E-state index contributed by atoms with van der Waals surface area (Å²) in [5.74, 6) is 0. The van der Waals surface area contributed by atoms with E-state index < -0.39 is 0 Å². The number of benzene rings is 1. The molecule has 5 aromatic rings. The van der Waals surface area contributed by atoms with Crippen molar-refractivity contribution in [2.75, 3.05) is 0 Å². The molecule has 2 atom stereocenters. The average molecular weight is 450 g/mol. The normalized spacial score (nSPS) is 13.5. The molecule has 16 heteroatoms. The highest BCUT2D eigenvalue weighted by atomic mass is 16.1. The Bertz CT molecular complexity index is 1520. The van der Waals surface area contributed by atoms with E-state index in [1.165, 1.54) is 43.7 Å². The molecule has 0 amide bonds. The molecule has 0 aliphatic carbocycles. The van der Waals surface area contributed by atoms with Crippen molar-refractivity contribution in [2.24, 2.45) is 0 Å². The predicted molar refractivity (Wildman–Crippen MR) is 111 cm³/mol. The molecular weight excluding hydrogens is 432 g/mol. The quantitative estimate of drug-likeness (QED) is 0.270. The first-order chi connectivity index (χ1) is 16.0. The van der Waals surface area contributed by atoms with Gasteiger partial charge in [-0.2, -0.15) is 9.59 Å². The van der Waals surface area contributed by atoms with Crippen LogP contribution in [0.2, 0.25) is 0 Å². The maximum atomic E-state index is 13.2. The highest BCUT2D eigenvalue weighted by Crippen LogP contribution is 2.16. The molecular formula is C17H18N14O2. The molecule has 1 aromatic carbocycles. The molecule has 4 aromatic heterocycles. The van der Waals surface area contributed by atoms with Gasteiger partial charge in [0.1, 0.15) is 11.0 Å². The molecule has 0 unspecified atom stereocenters. The Morgan fingerprint density at radius 2 is 1.33 bits per heavy atom. The number of rotatable bonds is 7. The van der Waals surface area contributed by atoms with Crippen LogP contribution >= 0.6 is 0 Å². The van der Waals surface area contributed by atoms with Gasteiger partial charge in [-0.25, -0.2) is 9.36 Å². The summed E-state index contributed by atoms with van der Waals surface area (Å²) >= 11 is 0. The molecule has 0 bridgehead atoms. The van der Waals surface area contributed by atoms with Gasteiger partial charge in [0.05, 0.1) is 35.9 Å². The first-order valence-electron chi connectivity index (χ1n) is 10.1. The van der Waals surface area contributed by atoms with Gasteiger partial charge in [-0.1, -0.05) is 17.4 Å².